The first-order valence-electron chi connectivity index (χ1n) is 7.21. The van der Waals surface area contributed by atoms with Gasteiger partial charge in [0.15, 0.2) is 5.82 Å². The van der Waals surface area contributed by atoms with Crippen LogP contribution in [0.1, 0.15) is 51.7 Å². The highest BCUT2D eigenvalue weighted by molar-refractivity contribution is 5.00. The van der Waals surface area contributed by atoms with Crippen LogP contribution in [0.5, 0.6) is 0 Å². The molecule has 19 heavy (non-hydrogen) atoms. The average molecular weight is 266 g/mol. The van der Waals surface area contributed by atoms with E-state index in [2.05, 4.69) is 48.2 Å². The van der Waals surface area contributed by atoms with Gasteiger partial charge in [-0.1, -0.05) is 25.9 Å². The van der Waals surface area contributed by atoms with Crippen LogP contribution >= 0.6 is 0 Å². The molecule has 1 N–H and O–H groups in total. The van der Waals surface area contributed by atoms with E-state index in [0.717, 1.165) is 31.3 Å². The number of aromatic nitrogens is 2. The van der Waals surface area contributed by atoms with E-state index in [9.17, 15) is 0 Å². The summed E-state index contributed by atoms with van der Waals surface area (Å²) in [5.74, 6) is 1.52. The second kappa shape index (κ2) is 6.01. The van der Waals surface area contributed by atoms with Crippen molar-refractivity contribution in [2.24, 2.45) is 0 Å². The van der Waals surface area contributed by atoms with E-state index >= 15 is 0 Å². The topological polar surface area (TPSA) is 54.2 Å². The highest BCUT2D eigenvalue weighted by atomic mass is 16.5. The minimum absolute atomic E-state index is 0.0490. The van der Waals surface area contributed by atoms with Crippen molar-refractivity contribution in [3.63, 3.8) is 0 Å². The molecule has 0 amide bonds. The zero-order valence-corrected chi connectivity index (χ0v) is 12.6. The third-order valence-electron chi connectivity index (χ3n) is 3.69. The molecule has 5 nitrogen and oxygen atoms in total. The van der Waals surface area contributed by atoms with Crippen molar-refractivity contribution in [3.8, 4) is 0 Å². The molecule has 1 aliphatic rings. The monoisotopic (exact) mass is 266 g/mol. The minimum Gasteiger partial charge on any atom is -0.338 e. The van der Waals surface area contributed by atoms with Gasteiger partial charge in [-0.05, 0) is 39.4 Å². The Balaban J connectivity index is 1.94. The molecule has 0 saturated carbocycles. The number of hydrogen-bond donors (Lipinski definition) is 1. The lowest BCUT2D eigenvalue weighted by atomic mass is 9.96. The summed E-state index contributed by atoms with van der Waals surface area (Å²) in [5, 5.41) is 7.52. The van der Waals surface area contributed by atoms with E-state index in [-0.39, 0.29) is 5.41 Å². The van der Waals surface area contributed by atoms with Gasteiger partial charge >= 0.3 is 0 Å². The van der Waals surface area contributed by atoms with Crippen LogP contribution in [0.3, 0.4) is 0 Å². The molecule has 108 valence electrons. The normalized spacial score (nSPS) is 21.6. The van der Waals surface area contributed by atoms with E-state index in [0.29, 0.717) is 6.04 Å². The predicted octanol–water partition coefficient (Wildman–Crippen LogP) is 1.94. The Morgan fingerprint density at radius 2 is 2.11 bits per heavy atom. The van der Waals surface area contributed by atoms with Gasteiger partial charge in [-0.2, -0.15) is 4.98 Å². The van der Waals surface area contributed by atoms with Crippen molar-refractivity contribution in [2.75, 3.05) is 20.1 Å². The fourth-order valence-electron chi connectivity index (χ4n) is 2.41. The molecule has 1 aromatic rings. The lowest BCUT2D eigenvalue weighted by Crippen LogP contribution is -2.32. The Labute approximate surface area is 115 Å². The van der Waals surface area contributed by atoms with Crippen molar-refractivity contribution in [1.29, 1.82) is 0 Å². The van der Waals surface area contributed by atoms with Crippen molar-refractivity contribution in [3.05, 3.63) is 11.7 Å². The molecule has 5 heteroatoms. The largest absolute Gasteiger partial charge is 0.338 e. The SMILES string of the molecule is CN(Cc1nc(C(C)(C)C)no1)C1CCCNCC1. The first kappa shape index (κ1) is 14.5. The van der Waals surface area contributed by atoms with Crippen LogP contribution in [0.4, 0.5) is 0 Å². The van der Waals surface area contributed by atoms with Crippen LogP contribution in [-0.2, 0) is 12.0 Å². The molecular formula is C14H26N4O. The summed E-state index contributed by atoms with van der Waals surface area (Å²) in [4.78, 5) is 6.84. The molecule has 0 bridgehead atoms. The summed E-state index contributed by atoms with van der Waals surface area (Å²) in [6.45, 7) is 9.28. The summed E-state index contributed by atoms with van der Waals surface area (Å²) in [5.41, 5.74) is -0.0490. The molecule has 2 rings (SSSR count). The molecule has 1 aromatic heterocycles. The van der Waals surface area contributed by atoms with Gasteiger partial charge in [0.2, 0.25) is 5.89 Å². The fraction of sp³-hybridized carbons (Fsp3) is 0.857. The van der Waals surface area contributed by atoms with Gasteiger partial charge in [0.25, 0.3) is 0 Å². The van der Waals surface area contributed by atoms with Crippen LogP contribution in [0.25, 0.3) is 0 Å². The van der Waals surface area contributed by atoms with Gasteiger partial charge in [-0.3, -0.25) is 4.90 Å². The Kier molecular flexibility index (Phi) is 4.58. The average Bonchev–Trinajstić information content (AvgIpc) is 2.63. The molecule has 1 unspecified atom stereocenters. The first-order valence-corrected chi connectivity index (χ1v) is 7.21. The van der Waals surface area contributed by atoms with Crippen molar-refractivity contribution in [2.45, 2.75) is 58.0 Å². The van der Waals surface area contributed by atoms with Crippen LogP contribution in [0, 0.1) is 0 Å². The maximum atomic E-state index is 5.37. The molecular weight excluding hydrogens is 240 g/mol. The van der Waals surface area contributed by atoms with E-state index in [4.69, 9.17) is 4.52 Å². The van der Waals surface area contributed by atoms with Crippen LogP contribution in [0.15, 0.2) is 4.52 Å². The van der Waals surface area contributed by atoms with Gasteiger partial charge in [0, 0.05) is 11.5 Å². The summed E-state index contributed by atoms with van der Waals surface area (Å²) in [6.07, 6.45) is 3.67. The molecule has 0 aliphatic carbocycles. The molecule has 0 aromatic carbocycles. The summed E-state index contributed by atoms with van der Waals surface area (Å²) in [6, 6.07) is 0.611. The number of nitrogens with one attached hydrogen (secondary N) is 1. The van der Waals surface area contributed by atoms with E-state index in [1.54, 1.807) is 0 Å². The number of nitrogens with zero attached hydrogens (tertiary/aromatic N) is 3. The molecule has 0 radical (unpaired) electrons. The van der Waals surface area contributed by atoms with Crippen LogP contribution in [0.2, 0.25) is 0 Å². The molecule has 2 heterocycles. The van der Waals surface area contributed by atoms with Gasteiger partial charge in [0.05, 0.1) is 6.54 Å². The van der Waals surface area contributed by atoms with E-state index in [1.165, 1.54) is 19.3 Å². The van der Waals surface area contributed by atoms with Crippen LogP contribution < -0.4 is 5.32 Å². The second-order valence-corrected chi connectivity index (χ2v) is 6.51. The van der Waals surface area contributed by atoms with E-state index in [1.807, 2.05) is 0 Å². The highest BCUT2D eigenvalue weighted by Crippen LogP contribution is 2.20. The molecule has 1 atom stereocenters. The fourth-order valence-corrected chi connectivity index (χ4v) is 2.41. The standard InChI is InChI=1S/C14H26N4O/c1-14(2,3)13-16-12(19-17-13)10-18(4)11-6-5-8-15-9-7-11/h11,15H,5-10H2,1-4H3. The minimum atomic E-state index is -0.0490. The first-order chi connectivity index (χ1) is 8.97. The van der Waals surface area contributed by atoms with E-state index < -0.39 is 0 Å². The Morgan fingerprint density at radius 1 is 1.32 bits per heavy atom. The molecule has 1 aliphatic heterocycles. The Morgan fingerprint density at radius 3 is 2.79 bits per heavy atom. The zero-order chi connectivity index (χ0) is 13.9. The lowest BCUT2D eigenvalue weighted by Gasteiger charge is -2.25. The quantitative estimate of drug-likeness (QED) is 0.906. The molecule has 1 fully saturated rings. The van der Waals surface area contributed by atoms with Gasteiger partial charge in [-0.25, -0.2) is 0 Å². The predicted molar refractivity (Wildman–Crippen MR) is 75.0 cm³/mol. The van der Waals surface area contributed by atoms with Crippen molar-refractivity contribution >= 4 is 0 Å². The summed E-state index contributed by atoms with van der Waals surface area (Å²) in [7, 11) is 2.15. The summed E-state index contributed by atoms with van der Waals surface area (Å²) >= 11 is 0. The lowest BCUT2D eigenvalue weighted by molar-refractivity contribution is 0.189. The second-order valence-electron chi connectivity index (χ2n) is 6.51. The highest BCUT2D eigenvalue weighted by Gasteiger charge is 2.23. The number of hydrogen-bond acceptors (Lipinski definition) is 5. The van der Waals surface area contributed by atoms with Gasteiger partial charge < -0.3 is 9.84 Å². The zero-order valence-electron chi connectivity index (χ0n) is 12.6. The third kappa shape index (κ3) is 4.01. The summed E-state index contributed by atoms with van der Waals surface area (Å²) < 4.78 is 5.37. The Bertz CT molecular complexity index is 388. The molecule has 1 saturated heterocycles. The third-order valence-corrected chi connectivity index (χ3v) is 3.69. The van der Waals surface area contributed by atoms with Crippen LogP contribution in [-0.4, -0.2) is 41.2 Å². The van der Waals surface area contributed by atoms with Crippen molar-refractivity contribution < 1.29 is 4.52 Å². The smallest absolute Gasteiger partial charge is 0.240 e. The number of rotatable bonds is 3. The van der Waals surface area contributed by atoms with Gasteiger partial charge in [0.1, 0.15) is 0 Å². The molecule has 0 spiro atoms. The maximum Gasteiger partial charge on any atom is 0.240 e. The van der Waals surface area contributed by atoms with Gasteiger partial charge in [-0.15, -0.1) is 0 Å². The van der Waals surface area contributed by atoms with Crippen molar-refractivity contribution in [1.82, 2.24) is 20.4 Å². The maximum absolute atomic E-state index is 5.37. The Hall–Kier alpha value is -0.940.